The molecule has 0 radical (unpaired) electrons. The summed E-state index contributed by atoms with van der Waals surface area (Å²) in [5.41, 5.74) is 1.88. The highest BCUT2D eigenvalue weighted by Crippen LogP contribution is 2.40. The molecule has 0 saturated heterocycles. The zero-order valence-electron chi connectivity index (χ0n) is 18.6. The van der Waals surface area contributed by atoms with Crippen molar-refractivity contribution >= 4 is 34.3 Å². The Morgan fingerprint density at radius 2 is 2.03 bits per heavy atom. The minimum Gasteiger partial charge on any atom is -0.493 e. The lowest BCUT2D eigenvalue weighted by molar-refractivity contribution is -0.112. The molecular weight excluding hydrogens is 428 g/mol. The molecule has 3 rings (SSSR count). The Balaban J connectivity index is 1.92. The van der Waals surface area contributed by atoms with Crippen LogP contribution >= 0.6 is 11.3 Å². The molecule has 0 fully saturated rings. The maximum Gasteiger partial charge on any atom is 0.341 e. The molecule has 7 nitrogen and oxygen atoms in total. The first-order chi connectivity index (χ1) is 15.4. The van der Waals surface area contributed by atoms with E-state index in [2.05, 4.69) is 12.2 Å². The van der Waals surface area contributed by atoms with Gasteiger partial charge < -0.3 is 19.5 Å². The molecule has 0 aliphatic heterocycles. The van der Waals surface area contributed by atoms with E-state index in [-0.39, 0.29) is 12.2 Å². The summed E-state index contributed by atoms with van der Waals surface area (Å²) in [5, 5.41) is 12.8. The van der Waals surface area contributed by atoms with Crippen molar-refractivity contribution in [3.8, 4) is 17.6 Å². The summed E-state index contributed by atoms with van der Waals surface area (Å²) in [7, 11) is 3.05. The smallest absolute Gasteiger partial charge is 0.341 e. The maximum atomic E-state index is 12.9. The molecule has 8 heteroatoms. The zero-order chi connectivity index (χ0) is 23.3. The van der Waals surface area contributed by atoms with E-state index in [1.54, 1.807) is 25.1 Å². The number of ether oxygens (including phenoxy) is 3. The van der Waals surface area contributed by atoms with Gasteiger partial charge in [0, 0.05) is 4.88 Å². The fourth-order valence-corrected chi connectivity index (χ4v) is 5.08. The lowest BCUT2D eigenvalue weighted by Crippen LogP contribution is -2.17. The van der Waals surface area contributed by atoms with Crippen LogP contribution in [0, 0.1) is 17.2 Å². The number of esters is 1. The van der Waals surface area contributed by atoms with Crippen LogP contribution in [0.4, 0.5) is 5.00 Å². The third-order valence-electron chi connectivity index (χ3n) is 5.30. The van der Waals surface area contributed by atoms with Crippen LogP contribution < -0.4 is 14.8 Å². The van der Waals surface area contributed by atoms with Gasteiger partial charge in [-0.25, -0.2) is 4.79 Å². The first-order valence-electron chi connectivity index (χ1n) is 10.4. The standard InChI is InChI=1S/C24H26N2O5S/c1-5-31-24(28)21-17-8-6-14(2)10-20(17)32-23(21)26-22(27)16(13-25)11-15-7-9-18(29-3)19(12-15)30-4/h7,9,11-12,14H,5-6,8,10H2,1-4H3,(H,26,27)/b16-11+/t14-/m1/s1. The molecule has 0 bridgehead atoms. The Bertz CT molecular complexity index is 1100. The highest BCUT2D eigenvalue weighted by molar-refractivity contribution is 7.17. The molecule has 1 atom stereocenters. The number of methoxy groups -OCH3 is 2. The topological polar surface area (TPSA) is 97.7 Å². The lowest BCUT2D eigenvalue weighted by atomic mass is 9.88. The number of anilines is 1. The number of thiophene rings is 1. The average Bonchev–Trinajstić information content (AvgIpc) is 3.13. The zero-order valence-corrected chi connectivity index (χ0v) is 19.4. The van der Waals surface area contributed by atoms with Gasteiger partial charge in [0.15, 0.2) is 11.5 Å². The van der Waals surface area contributed by atoms with Gasteiger partial charge in [-0.3, -0.25) is 4.79 Å². The summed E-state index contributed by atoms with van der Waals surface area (Å²) < 4.78 is 15.7. The monoisotopic (exact) mass is 454 g/mol. The van der Waals surface area contributed by atoms with E-state index in [1.807, 2.05) is 6.07 Å². The van der Waals surface area contributed by atoms with Gasteiger partial charge in [-0.05, 0) is 61.4 Å². The van der Waals surface area contributed by atoms with E-state index in [9.17, 15) is 14.9 Å². The van der Waals surface area contributed by atoms with Gasteiger partial charge >= 0.3 is 5.97 Å². The second-order valence-corrected chi connectivity index (χ2v) is 8.62. The number of fused-ring (bicyclic) bond motifs is 1. The van der Waals surface area contributed by atoms with Crippen LogP contribution in [0.3, 0.4) is 0 Å². The first-order valence-corrected chi connectivity index (χ1v) is 11.2. The van der Waals surface area contributed by atoms with Crippen LogP contribution in [0.25, 0.3) is 6.08 Å². The molecule has 168 valence electrons. The number of nitrogens with one attached hydrogen (secondary N) is 1. The predicted octanol–water partition coefficient (Wildman–Crippen LogP) is 4.61. The largest absolute Gasteiger partial charge is 0.493 e. The number of benzene rings is 1. The van der Waals surface area contributed by atoms with Gasteiger partial charge in [0.25, 0.3) is 5.91 Å². The van der Waals surface area contributed by atoms with Crippen LogP contribution in [0.5, 0.6) is 11.5 Å². The molecule has 1 N–H and O–H groups in total. The molecule has 0 unspecified atom stereocenters. The van der Waals surface area contributed by atoms with Gasteiger partial charge in [0.05, 0.1) is 26.4 Å². The number of hydrogen-bond donors (Lipinski definition) is 1. The molecule has 2 aromatic rings. The van der Waals surface area contributed by atoms with E-state index in [1.165, 1.54) is 31.6 Å². The van der Waals surface area contributed by atoms with Gasteiger partial charge in [0.2, 0.25) is 0 Å². The van der Waals surface area contributed by atoms with Crippen LogP contribution in [-0.2, 0) is 22.4 Å². The van der Waals surface area contributed by atoms with Crippen molar-refractivity contribution in [1.29, 1.82) is 5.26 Å². The number of hydrogen-bond acceptors (Lipinski definition) is 7. The molecule has 1 aromatic heterocycles. The fraction of sp³-hybridized carbons (Fsp3) is 0.375. The SMILES string of the molecule is CCOC(=O)c1c(NC(=O)/C(C#N)=C/c2ccc(OC)c(OC)c2)sc2c1CC[C@@H](C)C2. The number of carbonyl (C=O) groups is 2. The Kier molecular flexibility index (Phi) is 7.54. The van der Waals surface area contributed by atoms with Gasteiger partial charge in [-0.2, -0.15) is 5.26 Å². The number of carbonyl (C=O) groups excluding carboxylic acids is 2. The van der Waals surface area contributed by atoms with Gasteiger partial charge in [-0.15, -0.1) is 11.3 Å². The molecule has 1 aromatic carbocycles. The lowest BCUT2D eigenvalue weighted by Gasteiger charge is -2.18. The van der Waals surface area contributed by atoms with Crippen molar-refractivity contribution in [3.05, 3.63) is 45.3 Å². The second-order valence-electron chi connectivity index (χ2n) is 7.51. The Labute approximate surface area is 191 Å². The molecule has 1 aliphatic carbocycles. The predicted molar refractivity (Wildman–Crippen MR) is 123 cm³/mol. The summed E-state index contributed by atoms with van der Waals surface area (Å²) in [6, 6.07) is 7.05. The molecule has 1 amide bonds. The normalized spacial score (nSPS) is 15.3. The van der Waals surface area contributed by atoms with Crippen molar-refractivity contribution in [2.24, 2.45) is 5.92 Å². The van der Waals surface area contributed by atoms with E-state index in [0.29, 0.717) is 33.5 Å². The fourth-order valence-electron chi connectivity index (χ4n) is 3.69. The second kappa shape index (κ2) is 10.3. The molecule has 1 aliphatic rings. The Morgan fingerprint density at radius 3 is 2.69 bits per heavy atom. The molecule has 0 spiro atoms. The van der Waals surface area contributed by atoms with E-state index in [0.717, 1.165) is 29.7 Å². The van der Waals surface area contributed by atoms with Crippen molar-refractivity contribution in [3.63, 3.8) is 0 Å². The van der Waals surface area contributed by atoms with Crippen molar-refractivity contribution in [2.45, 2.75) is 33.1 Å². The molecule has 1 heterocycles. The Morgan fingerprint density at radius 1 is 1.28 bits per heavy atom. The maximum absolute atomic E-state index is 12.9. The van der Waals surface area contributed by atoms with Crippen molar-refractivity contribution in [2.75, 3.05) is 26.1 Å². The molecule has 0 saturated carbocycles. The highest BCUT2D eigenvalue weighted by Gasteiger charge is 2.29. The average molecular weight is 455 g/mol. The van der Waals surface area contributed by atoms with Crippen molar-refractivity contribution in [1.82, 2.24) is 0 Å². The summed E-state index contributed by atoms with van der Waals surface area (Å²) in [6.07, 6.45) is 4.07. The van der Waals surface area contributed by atoms with Crippen LogP contribution in [0.15, 0.2) is 23.8 Å². The number of nitriles is 1. The number of amides is 1. The van der Waals surface area contributed by atoms with Crippen LogP contribution in [-0.4, -0.2) is 32.7 Å². The highest BCUT2D eigenvalue weighted by atomic mass is 32.1. The first kappa shape index (κ1) is 23.4. The number of rotatable bonds is 7. The Hall–Kier alpha value is -3.31. The third kappa shape index (κ3) is 4.94. The summed E-state index contributed by atoms with van der Waals surface area (Å²) in [5.74, 6) is 0.518. The number of nitrogens with zero attached hydrogens (tertiary/aromatic N) is 1. The minimum absolute atomic E-state index is 0.0910. The summed E-state index contributed by atoms with van der Waals surface area (Å²) in [6.45, 7) is 4.16. The summed E-state index contributed by atoms with van der Waals surface area (Å²) >= 11 is 1.39. The summed E-state index contributed by atoms with van der Waals surface area (Å²) in [4.78, 5) is 26.7. The molecule has 32 heavy (non-hydrogen) atoms. The van der Waals surface area contributed by atoms with E-state index < -0.39 is 11.9 Å². The third-order valence-corrected chi connectivity index (χ3v) is 6.47. The quantitative estimate of drug-likeness (QED) is 0.373. The minimum atomic E-state index is -0.584. The van der Waals surface area contributed by atoms with Crippen LogP contribution in [0.1, 0.15) is 46.6 Å². The van der Waals surface area contributed by atoms with Gasteiger partial charge in [-0.1, -0.05) is 13.0 Å². The van der Waals surface area contributed by atoms with E-state index >= 15 is 0 Å². The van der Waals surface area contributed by atoms with Crippen LogP contribution in [0.2, 0.25) is 0 Å². The molecular formula is C24H26N2O5S. The van der Waals surface area contributed by atoms with E-state index in [4.69, 9.17) is 14.2 Å². The van der Waals surface area contributed by atoms with Crippen molar-refractivity contribution < 1.29 is 23.8 Å². The van der Waals surface area contributed by atoms with Gasteiger partial charge in [0.1, 0.15) is 16.6 Å².